The van der Waals surface area contributed by atoms with Crippen LogP contribution in [0.4, 0.5) is 0 Å². The van der Waals surface area contributed by atoms with Crippen molar-refractivity contribution in [1.82, 2.24) is 4.57 Å². The fourth-order valence-electron chi connectivity index (χ4n) is 1.42. The Morgan fingerprint density at radius 3 is 2.56 bits per heavy atom. The molecule has 2 rings (SSSR count). The van der Waals surface area contributed by atoms with Crippen molar-refractivity contribution in [3.8, 4) is 0 Å². The van der Waals surface area contributed by atoms with Crippen LogP contribution in [-0.4, -0.2) is 4.57 Å². The highest BCUT2D eigenvalue weighted by Gasteiger charge is 2.00. The molecule has 1 aromatic heterocycles. The largest absolute Gasteiger partial charge is 0.310 e. The summed E-state index contributed by atoms with van der Waals surface area (Å²) in [6, 6.07) is 11.2. The van der Waals surface area contributed by atoms with Crippen molar-refractivity contribution < 1.29 is 0 Å². The molecule has 16 heavy (non-hydrogen) atoms. The van der Waals surface area contributed by atoms with Gasteiger partial charge in [0, 0.05) is 11.2 Å². The summed E-state index contributed by atoms with van der Waals surface area (Å²) in [5, 5.41) is 0.707. The van der Waals surface area contributed by atoms with Gasteiger partial charge in [0.2, 0.25) is 0 Å². The standard InChI is InChI=1S/C12H9ClINO/c13-10-5-3-9(4-6-10)8-15-7-1-2-11(14)12(15)16/h1-7H,8H2. The molecule has 0 saturated carbocycles. The van der Waals surface area contributed by atoms with Gasteiger partial charge in [-0.15, -0.1) is 0 Å². The second-order valence-electron chi connectivity index (χ2n) is 3.42. The van der Waals surface area contributed by atoms with Gasteiger partial charge in [-0.1, -0.05) is 23.7 Å². The maximum atomic E-state index is 11.8. The highest BCUT2D eigenvalue weighted by Crippen LogP contribution is 2.10. The minimum Gasteiger partial charge on any atom is -0.310 e. The molecule has 4 heteroatoms. The van der Waals surface area contributed by atoms with Crippen molar-refractivity contribution in [2.45, 2.75) is 6.54 Å². The summed E-state index contributed by atoms with van der Waals surface area (Å²) in [6.45, 7) is 0.576. The minimum atomic E-state index is 0.0399. The molecule has 0 radical (unpaired) electrons. The zero-order chi connectivity index (χ0) is 11.5. The molecule has 1 heterocycles. The molecule has 0 atom stereocenters. The maximum Gasteiger partial charge on any atom is 0.264 e. The van der Waals surface area contributed by atoms with E-state index in [-0.39, 0.29) is 5.56 Å². The van der Waals surface area contributed by atoms with Gasteiger partial charge in [0.25, 0.3) is 5.56 Å². The Bertz CT molecular complexity index is 548. The lowest BCUT2D eigenvalue weighted by Crippen LogP contribution is -2.21. The summed E-state index contributed by atoms with van der Waals surface area (Å²) < 4.78 is 2.42. The van der Waals surface area contributed by atoms with E-state index in [2.05, 4.69) is 0 Å². The summed E-state index contributed by atoms with van der Waals surface area (Å²) in [4.78, 5) is 11.8. The van der Waals surface area contributed by atoms with Gasteiger partial charge in [-0.2, -0.15) is 0 Å². The van der Waals surface area contributed by atoms with Crippen molar-refractivity contribution in [1.29, 1.82) is 0 Å². The number of halogens is 2. The molecule has 0 amide bonds. The van der Waals surface area contributed by atoms with E-state index in [4.69, 9.17) is 11.6 Å². The topological polar surface area (TPSA) is 22.0 Å². The molecule has 0 saturated heterocycles. The van der Waals surface area contributed by atoms with Crippen LogP contribution in [0.1, 0.15) is 5.56 Å². The van der Waals surface area contributed by atoms with E-state index in [1.807, 2.05) is 52.9 Å². The summed E-state index contributed by atoms with van der Waals surface area (Å²) >= 11 is 7.84. The van der Waals surface area contributed by atoms with Gasteiger partial charge in [-0.3, -0.25) is 4.79 Å². The number of hydrogen-bond donors (Lipinski definition) is 0. The monoisotopic (exact) mass is 345 g/mol. The van der Waals surface area contributed by atoms with Crippen LogP contribution in [0.25, 0.3) is 0 Å². The second kappa shape index (κ2) is 5.01. The molecule has 0 N–H and O–H groups in total. The summed E-state index contributed by atoms with van der Waals surface area (Å²) in [7, 11) is 0. The molecule has 0 aliphatic heterocycles. The smallest absolute Gasteiger partial charge is 0.264 e. The van der Waals surface area contributed by atoms with Crippen molar-refractivity contribution in [3.05, 3.63) is 67.1 Å². The normalized spacial score (nSPS) is 10.4. The quantitative estimate of drug-likeness (QED) is 0.767. The molecule has 0 aliphatic carbocycles. The predicted octanol–water partition coefficient (Wildman–Crippen LogP) is 3.15. The fraction of sp³-hybridized carbons (Fsp3) is 0.0833. The average molecular weight is 346 g/mol. The van der Waals surface area contributed by atoms with Crippen molar-refractivity contribution in [3.63, 3.8) is 0 Å². The van der Waals surface area contributed by atoms with Crippen LogP contribution in [0.2, 0.25) is 5.02 Å². The Labute approximate surface area is 112 Å². The van der Waals surface area contributed by atoms with E-state index in [9.17, 15) is 4.79 Å². The number of benzene rings is 1. The third-order valence-electron chi connectivity index (χ3n) is 2.24. The van der Waals surface area contributed by atoms with E-state index in [1.54, 1.807) is 16.8 Å². The Balaban J connectivity index is 2.31. The lowest BCUT2D eigenvalue weighted by Gasteiger charge is -2.05. The predicted molar refractivity (Wildman–Crippen MR) is 74.0 cm³/mol. The van der Waals surface area contributed by atoms with Crippen LogP contribution in [0, 0.1) is 3.57 Å². The SMILES string of the molecule is O=c1c(I)cccn1Cc1ccc(Cl)cc1. The molecule has 2 aromatic rings. The molecule has 82 valence electrons. The molecule has 1 aromatic carbocycles. The molecule has 0 fully saturated rings. The van der Waals surface area contributed by atoms with E-state index in [1.165, 1.54) is 0 Å². The fourth-order valence-corrected chi connectivity index (χ4v) is 2.06. The minimum absolute atomic E-state index is 0.0399. The first-order chi connectivity index (χ1) is 7.66. The van der Waals surface area contributed by atoms with Gasteiger partial charge >= 0.3 is 0 Å². The molecule has 0 unspecified atom stereocenters. The maximum absolute atomic E-state index is 11.8. The Morgan fingerprint density at radius 1 is 1.19 bits per heavy atom. The first-order valence-electron chi connectivity index (χ1n) is 4.76. The van der Waals surface area contributed by atoms with Crippen molar-refractivity contribution in [2.24, 2.45) is 0 Å². The lowest BCUT2D eigenvalue weighted by molar-refractivity contribution is 0.754. The van der Waals surface area contributed by atoms with Crippen LogP contribution in [-0.2, 0) is 6.54 Å². The number of aromatic nitrogens is 1. The lowest BCUT2D eigenvalue weighted by atomic mass is 10.2. The van der Waals surface area contributed by atoms with Crippen LogP contribution in [0.15, 0.2) is 47.4 Å². The van der Waals surface area contributed by atoms with E-state index in [0.717, 1.165) is 9.13 Å². The Kier molecular flexibility index (Phi) is 3.66. The number of rotatable bonds is 2. The van der Waals surface area contributed by atoms with Gasteiger partial charge in [-0.05, 0) is 52.4 Å². The Morgan fingerprint density at radius 2 is 1.88 bits per heavy atom. The molecule has 2 nitrogen and oxygen atoms in total. The molecular weight excluding hydrogens is 336 g/mol. The first-order valence-corrected chi connectivity index (χ1v) is 6.22. The van der Waals surface area contributed by atoms with E-state index in [0.29, 0.717) is 11.6 Å². The third kappa shape index (κ3) is 2.65. The number of nitrogens with zero attached hydrogens (tertiary/aromatic N) is 1. The molecule has 0 spiro atoms. The summed E-state index contributed by atoms with van der Waals surface area (Å²) in [5.41, 5.74) is 1.10. The summed E-state index contributed by atoms with van der Waals surface area (Å²) in [6.07, 6.45) is 1.79. The highest BCUT2D eigenvalue weighted by atomic mass is 127. The Hall–Kier alpha value is -0.810. The molecular formula is C12H9ClINO. The highest BCUT2D eigenvalue weighted by molar-refractivity contribution is 14.1. The van der Waals surface area contributed by atoms with Crippen LogP contribution in [0.3, 0.4) is 0 Å². The van der Waals surface area contributed by atoms with Gasteiger partial charge in [0.05, 0.1) is 10.1 Å². The molecule has 0 aliphatic rings. The average Bonchev–Trinajstić information content (AvgIpc) is 2.28. The van der Waals surface area contributed by atoms with Crippen LogP contribution >= 0.6 is 34.2 Å². The van der Waals surface area contributed by atoms with Crippen LogP contribution < -0.4 is 5.56 Å². The first kappa shape index (κ1) is 11.7. The second-order valence-corrected chi connectivity index (χ2v) is 5.01. The van der Waals surface area contributed by atoms with Gasteiger partial charge < -0.3 is 4.57 Å². The number of pyridine rings is 1. The van der Waals surface area contributed by atoms with E-state index < -0.39 is 0 Å². The zero-order valence-electron chi connectivity index (χ0n) is 8.36. The van der Waals surface area contributed by atoms with Gasteiger partial charge in [0.1, 0.15) is 0 Å². The van der Waals surface area contributed by atoms with Gasteiger partial charge in [-0.25, -0.2) is 0 Å². The summed E-state index contributed by atoms with van der Waals surface area (Å²) in [5.74, 6) is 0. The van der Waals surface area contributed by atoms with E-state index >= 15 is 0 Å². The van der Waals surface area contributed by atoms with Crippen LogP contribution in [0.5, 0.6) is 0 Å². The zero-order valence-corrected chi connectivity index (χ0v) is 11.3. The van der Waals surface area contributed by atoms with Gasteiger partial charge in [0.15, 0.2) is 0 Å². The van der Waals surface area contributed by atoms with Crippen molar-refractivity contribution >= 4 is 34.2 Å². The number of hydrogen-bond acceptors (Lipinski definition) is 1. The molecule has 0 bridgehead atoms. The van der Waals surface area contributed by atoms with Crippen molar-refractivity contribution in [2.75, 3.05) is 0 Å². The third-order valence-corrected chi connectivity index (χ3v) is 3.31.